The Balaban J connectivity index is 2.42. The molecule has 0 atom stereocenters. The van der Waals surface area contributed by atoms with Crippen LogP contribution in [-0.2, 0) is 0 Å². The van der Waals surface area contributed by atoms with Crippen molar-refractivity contribution in [1.29, 1.82) is 0 Å². The van der Waals surface area contributed by atoms with Gasteiger partial charge in [-0.1, -0.05) is 12.8 Å². The number of benzene rings is 1. The van der Waals surface area contributed by atoms with Gasteiger partial charge in [-0.05, 0) is 12.8 Å². The first-order valence-corrected chi connectivity index (χ1v) is 6.16. The molecular formula is C13H21FN2O2. The molecule has 5 heteroatoms. The van der Waals surface area contributed by atoms with Crippen molar-refractivity contribution < 1.29 is 14.2 Å². The van der Waals surface area contributed by atoms with Gasteiger partial charge in [-0.3, -0.25) is 0 Å². The minimum atomic E-state index is -0.372. The third-order valence-electron chi connectivity index (χ3n) is 2.72. The van der Waals surface area contributed by atoms with Gasteiger partial charge in [0.2, 0.25) is 0 Å². The van der Waals surface area contributed by atoms with E-state index in [2.05, 4.69) is 5.32 Å². The van der Waals surface area contributed by atoms with Crippen molar-refractivity contribution in [3.05, 3.63) is 17.9 Å². The molecule has 0 aliphatic carbocycles. The molecule has 1 rings (SSSR count). The fourth-order valence-corrected chi connectivity index (χ4v) is 1.69. The molecule has 0 aliphatic heterocycles. The standard InChI is InChI=1S/C13H21FN2O2/c1-18-13-9-12(10(14)8-11(13)15)16-6-4-2-3-5-7-17/h8-9,16-17H,2-7,15H2,1H3. The van der Waals surface area contributed by atoms with Crippen LogP contribution in [0.3, 0.4) is 0 Å². The van der Waals surface area contributed by atoms with E-state index in [1.165, 1.54) is 13.2 Å². The van der Waals surface area contributed by atoms with Crippen LogP contribution in [-0.4, -0.2) is 25.4 Å². The normalized spacial score (nSPS) is 10.4. The summed E-state index contributed by atoms with van der Waals surface area (Å²) < 4.78 is 18.6. The van der Waals surface area contributed by atoms with Crippen LogP contribution in [0.5, 0.6) is 5.75 Å². The highest BCUT2D eigenvalue weighted by Gasteiger charge is 2.07. The number of hydrogen-bond acceptors (Lipinski definition) is 4. The van der Waals surface area contributed by atoms with Crippen LogP contribution >= 0.6 is 0 Å². The number of halogens is 1. The van der Waals surface area contributed by atoms with Gasteiger partial charge in [-0.15, -0.1) is 0 Å². The van der Waals surface area contributed by atoms with E-state index in [-0.39, 0.29) is 12.4 Å². The molecule has 0 heterocycles. The van der Waals surface area contributed by atoms with Crippen molar-refractivity contribution in [2.24, 2.45) is 0 Å². The number of hydrogen-bond donors (Lipinski definition) is 3. The first-order valence-electron chi connectivity index (χ1n) is 6.16. The Labute approximate surface area is 107 Å². The number of methoxy groups -OCH3 is 1. The summed E-state index contributed by atoms with van der Waals surface area (Å²) >= 11 is 0. The maximum Gasteiger partial charge on any atom is 0.148 e. The quantitative estimate of drug-likeness (QED) is 0.493. The molecule has 102 valence electrons. The minimum absolute atomic E-state index is 0.233. The lowest BCUT2D eigenvalue weighted by Crippen LogP contribution is -2.05. The number of nitrogen functional groups attached to an aromatic ring is 1. The highest BCUT2D eigenvalue weighted by atomic mass is 19.1. The van der Waals surface area contributed by atoms with Gasteiger partial charge in [-0.25, -0.2) is 4.39 Å². The topological polar surface area (TPSA) is 67.5 Å². The van der Waals surface area contributed by atoms with E-state index in [4.69, 9.17) is 15.6 Å². The van der Waals surface area contributed by atoms with Crippen LogP contribution in [0.2, 0.25) is 0 Å². The average Bonchev–Trinajstić information content (AvgIpc) is 2.36. The Hall–Kier alpha value is -1.49. The van der Waals surface area contributed by atoms with Crippen LogP contribution in [0, 0.1) is 5.82 Å². The minimum Gasteiger partial charge on any atom is -0.495 e. The van der Waals surface area contributed by atoms with Gasteiger partial charge in [-0.2, -0.15) is 0 Å². The molecule has 0 fully saturated rings. The molecule has 18 heavy (non-hydrogen) atoms. The number of unbranched alkanes of at least 4 members (excludes halogenated alkanes) is 3. The Kier molecular flexibility index (Phi) is 6.28. The van der Waals surface area contributed by atoms with Crippen molar-refractivity contribution in [2.75, 3.05) is 31.3 Å². The number of ether oxygens (including phenoxy) is 1. The van der Waals surface area contributed by atoms with Gasteiger partial charge < -0.3 is 20.9 Å². The fourth-order valence-electron chi connectivity index (χ4n) is 1.69. The Morgan fingerprint density at radius 3 is 2.67 bits per heavy atom. The van der Waals surface area contributed by atoms with Crippen molar-refractivity contribution in [2.45, 2.75) is 25.7 Å². The molecule has 0 radical (unpaired) electrons. The fraction of sp³-hybridized carbons (Fsp3) is 0.538. The second-order valence-electron chi connectivity index (χ2n) is 4.14. The maximum atomic E-state index is 13.6. The van der Waals surface area contributed by atoms with Gasteiger partial charge in [0.05, 0.1) is 18.5 Å². The molecule has 0 amide bonds. The van der Waals surface area contributed by atoms with Crippen molar-refractivity contribution in [3.8, 4) is 5.75 Å². The number of aliphatic hydroxyl groups is 1. The van der Waals surface area contributed by atoms with Gasteiger partial charge in [0.25, 0.3) is 0 Å². The highest BCUT2D eigenvalue weighted by Crippen LogP contribution is 2.28. The zero-order valence-electron chi connectivity index (χ0n) is 10.7. The predicted octanol–water partition coefficient (Wildman–Crippen LogP) is 2.38. The largest absolute Gasteiger partial charge is 0.495 e. The summed E-state index contributed by atoms with van der Waals surface area (Å²) in [6.07, 6.45) is 3.77. The number of nitrogens with two attached hydrogens (primary N) is 1. The molecule has 1 aromatic rings. The Morgan fingerprint density at radius 2 is 2.00 bits per heavy atom. The molecule has 1 aromatic carbocycles. The first-order chi connectivity index (χ1) is 8.69. The molecule has 0 unspecified atom stereocenters. The summed E-state index contributed by atoms with van der Waals surface area (Å²) in [5, 5.41) is 11.6. The molecule has 0 aliphatic rings. The predicted molar refractivity (Wildman–Crippen MR) is 71.4 cm³/mol. The lowest BCUT2D eigenvalue weighted by molar-refractivity contribution is 0.283. The summed E-state index contributed by atoms with van der Waals surface area (Å²) in [7, 11) is 1.50. The zero-order valence-corrected chi connectivity index (χ0v) is 10.7. The SMILES string of the molecule is COc1cc(NCCCCCCO)c(F)cc1N. The molecule has 0 spiro atoms. The second-order valence-corrected chi connectivity index (χ2v) is 4.14. The zero-order chi connectivity index (χ0) is 13.4. The van der Waals surface area contributed by atoms with E-state index < -0.39 is 0 Å². The number of aliphatic hydroxyl groups excluding tert-OH is 1. The third-order valence-corrected chi connectivity index (χ3v) is 2.72. The van der Waals surface area contributed by atoms with E-state index >= 15 is 0 Å². The van der Waals surface area contributed by atoms with E-state index in [1.54, 1.807) is 6.07 Å². The lowest BCUT2D eigenvalue weighted by atomic mass is 10.2. The molecule has 0 bridgehead atoms. The first kappa shape index (κ1) is 14.6. The molecule has 4 N–H and O–H groups in total. The van der Waals surface area contributed by atoms with Crippen LogP contribution in [0.4, 0.5) is 15.8 Å². The summed E-state index contributed by atoms with van der Waals surface area (Å²) in [5.41, 5.74) is 6.29. The molecule has 0 aromatic heterocycles. The Morgan fingerprint density at radius 1 is 1.28 bits per heavy atom. The van der Waals surface area contributed by atoms with Crippen LogP contribution in [0.1, 0.15) is 25.7 Å². The monoisotopic (exact) mass is 256 g/mol. The van der Waals surface area contributed by atoms with Gasteiger partial charge in [0.1, 0.15) is 11.6 Å². The van der Waals surface area contributed by atoms with Crippen molar-refractivity contribution in [1.82, 2.24) is 0 Å². The molecule has 4 nitrogen and oxygen atoms in total. The summed E-state index contributed by atoms with van der Waals surface area (Å²) in [6.45, 7) is 0.923. The molecule has 0 saturated heterocycles. The molecule has 0 saturated carbocycles. The van der Waals surface area contributed by atoms with Crippen molar-refractivity contribution >= 4 is 11.4 Å². The number of anilines is 2. The average molecular weight is 256 g/mol. The Bertz CT molecular complexity index is 372. The second kappa shape index (κ2) is 7.76. The summed E-state index contributed by atoms with van der Waals surface area (Å²) in [5.74, 6) is 0.0999. The van der Waals surface area contributed by atoms with E-state index in [1.807, 2.05) is 0 Å². The number of nitrogens with one attached hydrogen (secondary N) is 1. The lowest BCUT2D eigenvalue weighted by Gasteiger charge is -2.11. The van der Waals surface area contributed by atoms with Gasteiger partial charge >= 0.3 is 0 Å². The van der Waals surface area contributed by atoms with Crippen LogP contribution < -0.4 is 15.8 Å². The van der Waals surface area contributed by atoms with Crippen LogP contribution in [0.25, 0.3) is 0 Å². The molecular weight excluding hydrogens is 235 g/mol. The smallest absolute Gasteiger partial charge is 0.148 e. The highest BCUT2D eigenvalue weighted by molar-refractivity contribution is 5.62. The maximum absolute atomic E-state index is 13.6. The summed E-state index contributed by atoms with van der Waals surface area (Å²) in [4.78, 5) is 0. The van der Waals surface area contributed by atoms with E-state index in [9.17, 15) is 4.39 Å². The summed E-state index contributed by atoms with van der Waals surface area (Å²) in [6, 6.07) is 2.82. The van der Waals surface area contributed by atoms with Crippen LogP contribution in [0.15, 0.2) is 12.1 Å². The van der Waals surface area contributed by atoms with E-state index in [0.29, 0.717) is 23.7 Å². The number of rotatable bonds is 8. The van der Waals surface area contributed by atoms with Gasteiger partial charge in [0, 0.05) is 25.3 Å². The van der Waals surface area contributed by atoms with E-state index in [0.717, 1.165) is 25.7 Å². The van der Waals surface area contributed by atoms with Gasteiger partial charge in [0.15, 0.2) is 0 Å². The third kappa shape index (κ3) is 4.41. The van der Waals surface area contributed by atoms with Crippen molar-refractivity contribution in [3.63, 3.8) is 0 Å².